The minimum Gasteiger partial charge on any atom is -0.380 e. The van der Waals surface area contributed by atoms with Gasteiger partial charge in [0, 0.05) is 13.1 Å². The number of likely N-dealkylation sites (tertiary alicyclic amines) is 1. The summed E-state index contributed by atoms with van der Waals surface area (Å²) in [5, 5.41) is 13.3. The van der Waals surface area contributed by atoms with Crippen LogP contribution in [-0.2, 0) is 4.79 Å². The molecule has 0 aromatic rings. The van der Waals surface area contributed by atoms with Gasteiger partial charge in [-0.3, -0.25) is 4.79 Å². The summed E-state index contributed by atoms with van der Waals surface area (Å²) in [5.74, 6) is -0.0449. The van der Waals surface area contributed by atoms with E-state index in [0.717, 1.165) is 39.0 Å². The Hall–Kier alpha value is -0.610. The molecule has 2 N–H and O–H groups in total. The summed E-state index contributed by atoms with van der Waals surface area (Å²) in [5.41, 5.74) is -1.07. The molecule has 4 nitrogen and oxygen atoms in total. The van der Waals surface area contributed by atoms with Gasteiger partial charge >= 0.3 is 0 Å². The van der Waals surface area contributed by atoms with E-state index in [1.54, 1.807) is 0 Å². The number of piperidine rings is 1. The van der Waals surface area contributed by atoms with E-state index in [9.17, 15) is 9.90 Å². The monoisotopic (exact) mass is 198 g/mol. The first-order valence-electron chi connectivity index (χ1n) is 5.45. The molecule has 4 heteroatoms. The Morgan fingerprint density at radius 3 is 2.36 bits per heavy atom. The van der Waals surface area contributed by atoms with Crippen molar-refractivity contribution < 1.29 is 9.90 Å². The van der Waals surface area contributed by atoms with Crippen molar-refractivity contribution in [2.45, 2.75) is 31.3 Å². The van der Waals surface area contributed by atoms with Crippen LogP contribution in [-0.4, -0.2) is 47.7 Å². The highest BCUT2D eigenvalue weighted by molar-refractivity contribution is 5.85. The molecule has 1 amide bonds. The summed E-state index contributed by atoms with van der Waals surface area (Å²) in [6, 6.07) is 0. The second-order valence-electron chi connectivity index (χ2n) is 4.28. The fraction of sp³-hybridized carbons (Fsp3) is 0.900. The molecule has 0 atom stereocenters. The molecule has 14 heavy (non-hydrogen) atoms. The first-order chi connectivity index (χ1) is 6.72. The third kappa shape index (κ3) is 1.77. The Morgan fingerprint density at radius 1 is 1.21 bits per heavy atom. The lowest BCUT2D eigenvalue weighted by Crippen LogP contribution is -2.53. The SMILES string of the molecule is O=C(N1CCCC1)C1(O)CCNCC1. The van der Waals surface area contributed by atoms with Crippen LogP contribution in [0.25, 0.3) is 0 Å². The maximum atomic E-state index is 12.0. The van der Waals surface area contributed by atoms with E-state index in [1.165, 1.54) is 0 Å². The van der Waals surface area contributed by atoms with E-state index < -0.39 is 5.60 Å². The van der Waals surface area contributed by atoms with Gasteiger partial charge in [-0.15, -0.1) is 0 Å². The van der Waals surface area contributed by atoms with Crippen molar-refractivity contribution in [1.29, 1.82) is 0 Å². The van der Waals surface area contributed by atoms with Gasteiger partial charge in [0.25, 0.3) is 5.91 Å². The Labute approximate surface area is 84.3 Å². The van der Waals surface area contributed by atoms with Crippen LogP contribution in [0.15, 0.2) is 0 Å². The van der Waals surface area contributed by atoms with E-state index in [2.05, 4.69) is 5.32 Å². The lowest BCUT2D eigenvalue weighted by molar-refractivity contribution is -0.152. The predicted octanol–water partition coefficient (Wildman–Crippen LogP) is -0.277. The summed E-state index contributed by atoms with van der Waals surface area (Å²) >= 11 is 0. The molecule has 0 saturated carbocycles. The zero-order valence-corrected chi connectivity index (χ0v) is 8.46. The molecule has 0 aromatic carbocycles. The maximum absolute atomic E-state index is 12.0. The van der Waals surface area contributed by atoms with Crippen LogP contribution >= 0.6 is 0 Å². The number of amides is 1. The molecule has 2 heterocycles. The number of aliphatic hydroxyl groups is 1. The summed E-state index contributed by atoms with van der Waals surface area (Å²) in [4.78, 5) is 13.8. The van der Waals surface area contributed by atoms with Crippen LogP contribution in [0.3, 0.4) is 0 Å². The highest BCUT2D eigenvalue weighted by Gasteiger charge is 2.40. The van der Waals surface area contributed by atoms with Crippen molar-refractivity contribution in [3.63, 3.8) is 0 Å². The van der Waals surface area contributed by atoms with E-state index >= 15 is 0 Å². The molecule has 0 radical (unpaired) electrons. The van der Waals surface area contributed by atoms with E-state index in [4.69, 9.17) is 0 Å². The number of nitrogens with zero attached hydrogens (tertiary/aromatic N) is 1. The van der Waals surface area contributed by atoms with Gasteiger partial charge in [-0.05, 0) is 38.8 Å². The molecule has 2 aliphatic heterocycles. The Morgan fingerprint density at radius 2 is 1.79 bits per heavy atom. The maximum Gasteiger partial charge on any atom is 0.254 e. The quantitative estimate of drug-likeness (QED) is 0.609. The van der Waals surface area contributed by atoms with Gasteiger partial charge in [0.2, 0.25) is 0 Å². The third-order valence-corrected chi connectivity index (χ3v) is 3.22. The van der Waals surface area contributed by atoms with Gasteiger partial charge < -0.3 is 15.3 Å². The number of hydrogen-bond acceptors (Lipinski definition) is 3. The van der Waals surface area contributed by atoms with Crippen molar-refractivity contribution >= 4 is 5.91 Å². The van der Waals surface area contributed by atoms with Crippen molar-refractivity contribution in [2.24, 2.45) is 0 Å². The van der Waals surface area contributed by atoms with Gasteiger partial charge in [-0.1, -0.05) is 0 Å². The molecule has 0 spiro atoms. The highest BCUT2D eigenvalue weighted by Crippen LogP contribution is 2.23. The van der Waals surface area contributed by atoms with Gasteiger partial charge in [0.1, 0.15) is 5.60 Å². The summed E-state index contributed by atoms with van der Waals surface area (Å²) in [6.45, 7) is 3.15. The molecule has 0 unspecified atom stereocenters. The summed E-state index contributed by atoms with van der Waals surface area (Å²) < 4.78 is 0. The Balaban J connectivity index is 2.00. The lowest BCUT2D eigenvalue weighted by Gasteiger charge is -2.34. The number of carbonyl (C=O) groups is 1. The number of nitrogens with one attached hydrogen (secondary N) is 1. The predicted molar refractivity (Wildman–Crippen MR) is 52.9 cm³/mol. The van der Waals surface area contributed by atoms with E-state index in [0.29, 0.717) is 12.8 Å². The number of hydrogen-bond donors (Lipinski definition) is 2. The molecule has 2 aliphatic rings. The van der Waals surface area contributed by atoms with Gasteiger partial charge in [-0.25, -0.2) is 0 Å². The van der Waals surface area contributed by atoms with Crippen molar-refractivity contribution in [3.05, 3.63) is 0 Å². The Kier molecular flexibility index (Phi) is 2.74. The Bertz CT molecular complexity index is 218. The lowest BCUT2D eigenvalue weighted by atomic mass is 9.91. The minimum absolute atomic E-state index is 0.0449. The smallest absolute Gasteiger partial charge is 0.254 e. The first-order valence-corrected chi connectivity index (χ1v) is 5.45. The molecule has 0 bridgehead atoms. The fourth-order valence-electron chi connectivity index (χ4n) is 2.27. The average molecular weight is 198 g/mol. The molecular weight excluding hydrogens is 180 g/mol. The molecule has 2 rings (SSSR count). The molecule has 2 saturated heterocycles. The second-order valence-corrected chi connectivity index (χ2v) is 4.28. The van der Waals surface area contributed by atoms with E-state index in [1.807, 2.05) is 4.90 Å². The highest BCUT2D eigenvalue weighted by atomic mass is 16.3. The van der Waals surface area contributed by atoms with Crippen LogP contribution in [0.2, 0.25) is 0 Å². The van der Waals surface area contributed by atoms with Crippen molar-refractivity contribution in [1.82, 2.24) is 10.2 Å². The molecule has 80 valence electrons. The zero-order chi connectivity index (χ0) is 10.0. The minimum atomic E-state index is -1.07. The molecular formula is C10H18N2O2. The summed E-state index contributed by atoms with van der Waals surface area (Å²) in [6.07, 6.45) is 3.28. The molecule has 0 aromatic heterocycles. The third-order valence-electron chi connectivity index (χ3n) is 3.22. The van der Waals surface area contributed by atoms with Crippen LogP contribution < -0.4 is 5.32 Å². The van der Waals surface area contributed by atoms with Crippen LogP contribution in [0.5, 0.6) is 0 Å². The average Bonchev–Trinajstić information content (AvgIpc) is 2.70. The first kappa shape index (κ1) is 9.93. The normalized spacial score (nSPS) is 26.5. The fourth-order valence-corrected chi connectivity index (χ4v) is 2.27. The largest absolute Gasteiger partial charge is 0.380 e. The standard InChI is InChI=1S/C10H18N2O2/c13-9(12-7-1-2-8-12)10(14)3-5-11-6-4-10/h11,14H,1-8H2. The van der Waals surface area contributed by atoms with E-state index in [-0.39, 0.29) is 5.91 Å². The second kappa shape index (κ2) is 3.87. The van der Waals surface area contributed by atoms with Gasteiger partial charge in [0.15, 0.2) is 0 Å². The van der Waals surface area contributed by atoms with Gasteiger partial charge in [-0.2, -0.15) is 0 Å². The van der Waals surface area contributed by atoms with Crippen molar-refractivity contribution in [2.75, 3.05) is 26.2 Å². The van der Waals surface area contributed by atoms with Crippen LogP contribution in [0.4, 0.5) is 0 Å². The zero-order valence-electron chi connectivity index (χ0n) is 8.46. The molecule has 2 fully saturated rings. The number of rotatable bonds is 1. The van der Waals surface area contributed by atoms with Crippen molar-refractivity contribution in [3.8, 4) is 0 Å². The van der Waals surface area contributed by atoms with Gasteiger partial charge in [0.05, 0.1) is 0 Å². The van der Waals surface area contributed by atoms with Crippen LogP contribution in [0, 0.1) is 0 Å². The number of carbonyl (C=O) groups excluding carboxylic acids is 1. The summed E-state index contributed by atoms with van der Waals surface area (Å²) in [7, 11) is 0. The van der Waals surface area contributed by atoms with Crippen LogP contribution in [0.1, 0.15) is 25.7 Å². The molecule has 0 aliphatic carbocycles. The topological polar surface area (TPSA) is 52.6 Å².